The van der Waals surface area contributed by atoms with Crippen LogP contribution < -0.4 is 4.74 Å². The highest BCUT2D eigenvalue weighted by molar-refractivity contribution is 9.10. The number of ether oxygens (including phenoxy) is 1. The maximum Gasteiger partial charge on any atom is 0.288 e. The van der Waals surface area contributed by atoms with Crippen molar-refractivity contribution in [1.29, 1.82) is 0 Å². The van der Waals surface area contributed by atoms with Crippen LogP contribution in [0.1, 0.15) is 6.42 Å². The highest BCUT2D eigenvalue weighted by Gasteiger charge is 2.11. The smallest absolute Gasteiger partial charge is 0.288 e. The molecule has 0 aliphatic heterocycles. The van der Waals surface area contributed by atoms with Crippen LogP contribution in [0.3, 0.4) is 0 Å². The lowest BCUT2D eigenvalue weighted by atomic mass is 10.4. The molecule has 94 valence electrons. The van der Waals surface area contributed by atoms with Crippen molar-refractivity contribution in [2.45, 2.75) is 6.42 Å². The molecule has 7 heteroatoms. The van der Waals surface area contributed by atoms with E-state index in [0.29, 0.717) is 17.0 Å². The molecule has 0 N–H and O–H groups in total. The number of aromatic nitrogens is 1. The van der Waals surface area contributed by atoms with Gasteiger partial charge in [0.25, 0.3) is 5.69 Å². The van der Waals surface area contributed by atoms with Crippen LogP contribution in [0.4, 0.5) is 5.69 Å². The highest BCUT2D eigenvalue weighted by atomic mass is 79.9. The van der Waals surface area contributed by atoms with E-state index in [1.54, 1.807) is 0 Å². The molecule has 0 aromatic carbocycles. The van der Waals surface area contributed by atoms with E-state index in [4.69, 9.17) is 4.74 Å². The summed E-state index contributed by atoms with van der Waals surface area (Å²) in [5.41, 5.74) is -0.0579. The van der Waals surface area contributed by atoms with Crippen LogP contribution in [0.15, 0.2) is 16.7 Å². The summed E-state index contributed by atoms with van der Waals surface area (Å²) in [6, 6.07) is 1.38. The summed E-state index contributed by atoms with van der Waals surface area (Å²) in [7, 11) is 3.97. The number of nitro groups is 1. The summed E-state index contributed by atoms with van der Waals surface area (Å²) in [4.78, 5) is 16.0. The number of hydrogen-bond acceptors (Lipinski definition) is 5. The molecule has 6 nitrogen and oxygen atoms in total. The summed E-state index contributed by atoms with van der Waals surface area (Å²) in [6.45, 7) is 1.45. The van der Waals surface area contributed by atoms with Gasteiger partial charge in [-0.2, -0.15) is 0 Å². The average Bonchev–Trinajstić information content (AvgIpc) is 2.25. The van der Waals surface area contributed by atoms with Crippen molar-refractivity contribution in [3.05, 3.63) is 26.9 Å². The monoisotopic (exact) mass is 303 g/mol. The molecule has 1 heterocycles. The lowest BCUT2D eigenvalue weighted by Gasteiger charge is -2.10. The third-order valence-electron chi connectivity index (χ3n) is 1.99. The summed E-state index contributed by atoms with van der Waals surface area (Å²) in [5.74, 6) is 0.384. The van der Waals surface area contributed by atoms with Crippen LogP contribution in [0.5, 0.6) is 5.88 Å². The van der Waals surface area contributed by atoms with Gasteiger partial charge in [0.1, 0.15) is 6.20 Å². The Labute approximate surface area is 108 Å². The second kappa shape index (κ2) is 6.51. The lowest BCUT2D eigenvalue weighted by Crippen LogP contribution is -2.15. The molecule has 0 saturated carbocycles. The molecular formula is C10H14BrN3O3. The number of nitrogens with zero attached hydrogens (tertiary/aromatic N) is 3. The van der Waals surface area contributed by atoms with E-state index in [2.05, 4.69) is 25.8 Å². The van der Waals surface area contributed by atoms with E-state index >= 15 is 0 Å². The van der Waals surface area contributed by atoms with Gasteiger partial charge in [0.2, 0.25) is 5.88 Å². The Hall–Kier alpha value is -1.21. The van der Waals surface area contributed by atoms with Crippen LogP contribution in [0.25, 0.3) is 0 Å². The molecule has 17 heavy (non-hydrogen) atoms. The van der Waals surface area contributed by atoms with Crippen LogP contribution in [-0.4, -0.2) is 42.1 Å². The van der Waals surface area contributed by atoms with Gasteiger partial charge in [0, 0.05) is 12.6 Å². The molecule has 0 amide bonds. The van der Waals surface area contributed by atoms with Gasteiger partial charge in [0.05, 0.1) is 16.0 Å². The molecule has 0 spiro atoms. The highest BCUT2D eigenvalue weighted by Crippen LogP contribution is 2.26. The first kappa shape index (κ1) is 13.9. The molecule has 0 unspecified atom stereocenters. The van der Waals surface area contributed by atoms with Crippen LogP contribution in [0.2, 0.25) is 0 Å². The van der Waals surface area contributed by atoms with Crippen molar-refractivity contribution in [2.75, 3.05) is 27.2 Å². The van der Waals surface area contributed by atoms with Crippen LogP contribution in [-0.2, 0) is 0 Å². The van der Waals surface area contributed by atoms with Crippen molar-refractivity contribution < 1.29 is 9.66 Å². The van der Waals surface area contributed by atoms with Crippen molar-refractivity contribution in [1.82, 2.24) is 9.88 Å². The zero-order valence-corrected chi connectivity index (χ0v) is 11.3. The first-order valence-electron chi connectivity index (χ1n) is 5.08. The minimum absolute atomic E-state index is 0.0579. The fraction of sp³-hybridized carbons (Fsp3) is 0.500. The quantitative estimate of drug-likeness (QED) is 0.457. The predicted octanol–water partition coefficient (Wildman–Crippen LogP) is 2.08. The number of rotatable bonds is 6. The third-order valence-corrected chi connectivity index (χ3v) is 2.56. The van der Waals surface area contributed by atoms with Crippen LogP contribution in [0, 0.1) is 10.1 Å². The Kier molecular flexibility index (Phi) is 5.30. The van der Waals surface area contributed by atoms with Gasteiger partial charge in [-0.25, -0.2) is 4.98 Å². The minimum Gasteiger partial charge on any atom is -0.477 e. The number of pyridine rings is 1. The summed E-state index contributed by atoms with van der Waals surface area (Å²) < 4.78 is 5.91. The third kappa shape index (κ3) is 4.66. The van der Waals surface area contributed by atoms with E-state index in [0.717, 1.165) is 13.0 Å². The summed E-state index contributed by atoms with van der Waals surface area (Å²) in [5, 5.41) is 10.5. The molecule has 0 aliphatic rings. The van der Waals surface area contributed by atoms with E-state index in [1.165, 1.54) is 12.3 Å². The van der Waals surface area contributed by atoms with Crippen molar-refractivity contribution in [2.24, 2.45) is 0 Å². The average molecular weight is 304 g/mol. The molecule has 0 atom stereocenters. The first-order chi connectivity index (χ1) is 8.00. The topological polar surface area (TPSA) is 68.5 Å². The first-order valence-corrected chi connectivity index (χ1v) is 5.87. The Bertz CT molecular complexity index is 398. The van der Waals surface area contributed by atoms with Gasteiger partial charge >= 0.3 is 0 Å². The van der Waals surface area contributed by atoms with E-state index in [9.17, 15) is 10.1 Å². The predicted molar refractivity (Wildman–Crippen MR) is 67.3 cm³/mol. The lowest BCUT2D eigenvalue weighted by molar-refractivity contribution is -0.385. The van der Waals surface area contributed by atoms with Crippen LogP contribution >= 0.6 is 15.9 Å². The van der Waals surface area contributed by atoms with E-state index in [1.807, 2.05) is 14.1 Å². The van der Waals surface area contributed by atoms with Crippen molar-refractivity contribution in [3.8, 4) is 5.88 Å². The SMILES string of the molecule is CN(C)CCCOc1ncc([N+](=O)[O-])cc1Br. The van der Waals surface area contributed by atoms with E-state index < -0.39 is 4.92 Å². The number of halogens is 1. The molecule has 1 aromatic rings. The molecular weight excluding hydrogens is 290 g/mol. The largest absolute Gasteiger partial charge is 0.477 e. The second-order valence-electron chi connectivity index (χ2n) is 3.74. The Balaban J connectivity index is 2.52. The maximum absolute atomic E-state index is 10.5. The zero-order chi connectivity index (χ0) is 12.8. The zero-order valence-electron chi connectivity index (χ0n) is 9.72. The Morgan fingerprint density at radius 2 is 2.29 bits per heavy atom. The van der Waals surface area contributed by atoms with Gasteiger partial charge < -0.3 is 9.64 Å². The standard InChI is InChI=1S/C10H14BrN3O3/c1-13(2)4-3-5-17-10-9(11)6-8(7-12-10)14(15)16/h6-7H,3-5H2,1-2H3. The number of hydrogen-bond donors (Lipinski definition) is 0. The molecule has 1 rings (SSSR count). The second-order valence-corrected chi connectivity index (χ2v) is 4.60. The van der Waals surface area contributed by atoms with Crippen molar-refractivity contribution >= 4 is 21.6 Å². The normalized spacial score (nSPS) is 10.6. The fourth-order valence-electron chi connectivity index (χ4n) is 1.17. The minimum atomic E-state index is -0.492. The molecule has 0 saturated heterocycles. The maximum atomic E-state index is 10.5. The van der Waals surface area contributed by atoms with Gasteiger partial charge in [-0.15, -0.1) is 0 Å². The van der Waals surface area contributed by atoms with E-state index in [-0.39, 0.29) is 5.69 Å². The molecule has 0 radical (unpaired) electrons. The molecule has 0 aliphatic carbocycles. The van der Waals surface area contributed by atoms with Gasteiger partial charge in [-0.1, -0.05) is 0 Å². The Morgan fingerprint density at radius 3 is 2.82 bits per heavy atom. The fourth-order valence-corrected chi connectivity index (χ4v) is 1.62. The molecule has 1 aromatic heterocycles. The van der Waals surface area contributed by atoms with Gasteiger partial charge in [-0.3, -0.25) is 10.1 Å². The molecule has 0 bridgehead atoms. The van der Waals surface area contributed by atoms with Crippen molar-refractivity contribution in [3.63, 3.8) is 0 Å². The Morgan fingerprint density at radius 1 is 1.59 bits per heavy atom. The van der Waals surface area contributed by atoms with Gasteiger partial charge in [0.15, 0.2) is 0 Å². The van der Waals surface area contributed by atoms with Gasteiger partial charge in [-0.05, 0) is 36.4 Å². The summed E-state index contributed by atoms with van der Waals surface area (Å²) >= 11 is 3.19. The molecule has 0 fully saturated rings. The summed E-state index contributed by atoms with van der Waals surface area (Å²) in [6.07, 6.45) is 2.06.